The monoisotopic (exact) mass is 319 g/mol. The maximum Gasteiger partial charge on any atom is 0.339 e. The molecule has 0 unspecified atom stereocenters. The van der Waals surface area contributed by atoms with Gasteiger partial charge in [-0.05, 0) is 56.2 Å². The standard InChI is InChI=1S/C17H21NO5/c19-16(20)13-3-1-2-4-15(13)23-12-6-5-10-9-18-14(17(21)22)8-11(10)7-12/h1-4,10-12,14,18H,5-9H2,(H,19,20)(H,21,22)/t10-,11+,12-,14-/m0/s1. The lowest BCUT2D eigenvalue weighted by Crippen LogP contribution is -2.50. The summed E-state index contributed by atoms with van der Waals surface area (Å²) in [5, 5.41) is 21.5. The summed E-state index contributed by atoms with van der Waals surface area (Å²) in [5.41, 5.74) is 0.170. The van der Waals surface area contributed by atoms with Gasteiger partial charge in [-0.1, -0.05) is 12.1 Å². The first-order valence-corrected chi connectivity index (χ1v) is 7.99. The third kappa shape index (κ3) is 3.47. The van der Waals surface area contributed by atoms with Crippen LogP contribution in [0, 0.1) is 11.8 Å². The molecule has 0 amide bonds. The van der Waals surface area contributed by atoms with Gasteiger partial charge in [0.2, 0.25) is 0 Å². The Labute approximate surface area is 134 Å². The number of hydrogen-bond acceptors (Lipinski definition) is 4. The second-order valence-electron chi connectivity index (χ2n) is 6.41. The molecule has 0 spiro atoms. The van der Waals surface area contributed by atoms with Gasteiger partial charge in [0, 0.05) is 0 Å². The Morgan fingerprint density at radius 1 is 1.09 bits per heavy atom. The van der Waals surface area contributed by atoms with Crippen LogP contribution in [-0.2, 0) is 4.79 Å². The highest BCUT2D eigenvalue weighted by Crippen LogP contribution is 2.37. The minimum atomic E-state index is -0.998. The third-order valence-corrected chi connectivity index (χ3v) is 4.97. The summed E-state index contributed by atoms with van der Waals surface area (Å²) >= 11 is 0. The van der Waals surface area contributed by atoms with E-state index in [1.54, 1.807) is 18.2 Å². The molecule has 1 aliphatic heterocycles. The molecule has 124 valence electrons. The topological polar surface area (TPSA) is 95.9 Å². The molecular weight excluding hydrogens is 298 g/mol. The van der Waals surface area contributed by atoms with Crippen LogP contribution in [0.2, 0.25) is 0 Å². The van der Waals surface area contributed by atoms with Crippen molar-refractivity contribution in [2.45, 2.75) is 37.8 Å². The van der Waals surface area contributed by atoms with Crippen LogP contribution < -0.4 is 10.1 Å². The van der Waals surface area contributed by atoms with E-state index in [2.05, 4.69) is 5.32 Å². The number of aromatic carboxylic acids is 1. The van der Waals surface area contributed by atoms with Gasteiger partial charge in [0.25, 0.3) is 0 Å². The zero-order chi connectivity index (χ0) is 16.4. The number of carbonyl (C=O) groups is 2. The molecule has 1 heterocycles. The molecule has 4 atom stereocenters. The molecule has 0 radical (unpaired) electrons. The first-order valence-electron chi connectivity index (χ1n) is 7.99. The summed E-state index contributed by atoms with van der Waals surface area (Å²) in [6, 6.07) is 6.17. The number of fused-ring (bicyclic) bond motifs is 1. The van der Waals surface area contributed by atoms with Crippen molar-refractivity contribution in [2.75, 3.05) is 6.54 Å². The van der Waals surface area contributed by atoms with Crippen molar-refractivity contribution in [3.05, 3.63) is 29.8 Å². The van der Waals surface area contributed by atoms with Crippen molar-refractivity contribution in [3.8, 4) is 5.75 Å². The average Bonchev–Trinajstić information content (AvgIpc) is 2.54. The molecule has 23 heavy (non-hydrogen) atoms. The summed E-state index contributed by atoms with van der Waals surface area (Å²) in [6.07, 6.45) is 3.19. The molecule has 2 aliphatic rings. The Balaban J connectivity index is 1.67. The van der Waals surface area contributed by atoms with Gasteiger partial charge in [0.1, 0.15) is 17.4 Å². The van der Waals surface area contributed by atoms with Crippen LogP contribution in [-0.4, -0.2) is 40.8 Å². The highest BCUT2D eigenvalue weighted by Gasteiger charge is 2.38. The normalized spacial score (nSPS) is 30.3. The van der Waals surface area contributed by atoms with Gasteiger partial charge >= 0.3 is 11.9 Å². The molecule has 1 saturated carbocycles. The third-order valence-electron chi connectivity index (χ3n) is 4.97. The van der Waals surface area contributed by atoms with E-state index in [4.69, 9.17) is 9.84 Å². The van der Waals surface area contributed by atoms with Crippen LogP contribution in [0.1, 0.15) is 36.0 Å². The number of carboxylic acid groups (broad SMARTS) is 2. The predicted molar refractivity (Wildman–Crippen MR) is 82.7 cm³/mol. The zero-order valence-corrected chi connectivity index (χ0v) is 12.8. The van der Waals surface area contributed by atoms with Crippen LogP contribution in [0.3, 0.4) is 0 Å². The van der Waals surface area contributed by atoms with E-state index in [1.165, 1.54) is 6.07 Å². The maximum atomic E-state index is 11.3. The first kappa shape index (κ1) is 15.8. The van der Waals surface area contributed by atoms with Gasteiger partial charge in [-0.25, -0.2) is 4.79 Å². The molecule has 3 rings (SSSR count). The summed E-state index contributed by atoms with van der Waals surface area (Å²) in [6.45, 7) is 0.736. The number of nitrogens with one attached hydrogen (secondary N) is 1. The number of piperidine rings is 1. The summed E-state index contributed by atoms with van der Waals surface area (Å²) in [5.74, 6) is -0.606. The van der Waals surface area contributed by atoms with Gasteiger partial charge in [-0.15, -0.1) is 0 Å². The Kier molecular flexibility index (Phi) is 4.52. The molecule has 1 saturated heterocycles. The molecule has 1 aromatic carbocycles. The number of benzene rings is 1. The van der Waals surface area contributed by atoms with E-state index >= 15 is 0 Å². The van der Waals surface area contributed by atoms with Gasteiger partial charge in [-0.2, -0.15) is 0 Å². The fourth-order valence-corrected chi connectivity index (χ4v) is 3.74. The van der Waals surface area contributed by atoms with Crippen molar-refractivity contribution in [3.63, 3.8) is 0 Å². The molecule has 1 aromatic rings. The van der Waals surface area contributed by atoms with Crippen LogP contribution >= 0.6 is 0 Å². The number of hydrogen-bond donors (Lipinski definition) is 3. The van der Waals surface area contributed by atoms with Gasteiger partial charge < -0.3 is 20.3 Å². The molecule has 6 nitrogen and oxygen atoms in total. The molecular formula is C17H21NO5. The first-order chi connectivity index (χ1) is 11.0. The highest BCUT2D eigenvalue weighted by atomic mass is 16.5. The number of carboxylic acids is 2. The van der Waals surface area contributed by atoms with E-state index in [0.717, 1.165) is 25.8 Å². The Morgan fingerprint density at radius 3 is 2.61 bits per heavy atom. The van der Waals surface area contributed by atoms with Crippen LogP contribution in [0.4, 0.5) is 0 Å². The van der Waals surface area contributed by atoms with Crippen LogP contribution in [0.15, 0.2) is 24.3 Å². The fourth-order valence-electron chi connectivity index (χ4n) is 3.74. The Hall–Kier alpha value is -2.08. The van der Waals surface area contributed by atoms with Crippen molar-refractivity contribution in [2.24, 2.45) is 11.8 Å². The van der Waals surface area contributed by atoms with E-state index in [0.29, 0.717) is 24.0 Å². The quantitative estimate of drug-likeness (QED) is 0.785. The molecule has 0 bridgehead atoms. The minimum Gasteiger partial charge on any atom is -0.490 e. The smallest absolute Gasteiger partial charge is 0.339 e. The number of ether oxygens (including phenoxy) is 1. The predicted octanol–water partition coefficient (Wildman–Crippen LogP) is 1.99. The summed E-state index contributed by atoms with van der Waals surface area (Å²) < 4.78 is 5.94. The molecule has 2 fully saturated rings. The van der Waals surface area contributed by atoms with Crippen molar-refractivity contribution in [1.29, 1.82) is 0 Å². The van der Waals surface area contributed by atoms with E-state index in [-0.39, 0.29) is 11.7 Å². The van der Waals surface area contributed by atoms with E-state index < -0.39 is 18.0 Å². The molecule has 1 aliphatic carbocycles. The lowest BCUT2D eigenvalue weighted by Gasteiger charge is -2.41. The fraction of sp³-hybridized carbons (Fsp3) is 0.529. The highest BCUT2D eigenvalue weighted by molar-refractivity contribution is 5.90. The minimum absolute atomic E-state index is 0.0516. The molecule has 6 heteroatoms. The SMILES string of the molecule is O=C(O)c1ccccc1O[C@H]1CC[C@H]2CN[C@H](C(=O)O)C[C@H]2C1. The lowest BCUT2D eigenvalue weighted by atomic mass is 9.72. The zero-order valence-electron chi connectivity index (χ0n) is 12.8. The number of aliphatic carboxylic acids is 1. The summed E-state index contributed by atoms with van der Waals surface area (Å²) in [7, 11) is 0. The van der Waals surface area contributed by atoms with Gasteiger partial charge in [0.05, 0.1) is 6.10 Å². The maximum absolute atomic E-state index is 11.3. The number of para-hydroxylation sites is 1. The van der Waals surface area contributed by atoms with Crippen molar-refractivity contribution in [1.82, 2.24) is 5.32 Å². The number of rotatable bonds is 4. The Bertz CT molecular complexity index is 602. The Morgan fingerprint density at radius 2 is 1.87 bits per heavy atom. The summed E-state index contributed by atoms with van der Waals surface area (Å²) in [4.78, 5) is 22.4. The van der Waals surface area contributed by atoms with E-state index in [1.807, 2.05) is 0 Å². The molecule has 3 N–H and O–H groups in total. The largest absolute Gasteiger partial charge is 0.490 e. The van der Waals surface area contributed by atoms with Gasteiger partial charge in [-0.3, -0.25) is 4.79 Å². The lowest BCUT2D eigenvalue weighted by molar-refractivity contribution is -0.141. The van der Waals surface area contributed by atoms with Crippen LogP contribution in [0.25, 0.3) is 0 Å². The van der Waals surface area contributed by atoms with E-state index in [9.17, 15) is 14.7 Å². The van der Waals surface area contributed by atoms with Crippen molar-refractivity contribution >= 4 is 11.9 Å². The second-order valence-corrected chi connectivity index (χ2v) is 6.41. The molecule has 0 aromatic heterocycles. The van der Waals surface area contributed by atoms with Crippen molar-refractivity contribution < 1.29 is 24.5 Å². The second kappa shape index (κ2) is 6.58. The average molecular weight is 319 g/mol. The van der Waals surface area contributed by atoms with Gasteiger partial charge in [0.15, 0.2) is 0 Å². The van der Waals surface area contributed by atoms with Crippen LogP contribution in [0.5, 0.6) is 5.75 Å².